The Balaban J connectivity index is 1.60. The van der Waals surface area contributed by atoms with E-state index in [0.717, 1.165) is 17.7 Å². The SMILES string of the molecule is CC(C)(C)C(OP(=O)(O)O)(N1C(=O)C/C(=C\c2cnn3c(NC4CC4)cc(Nc4cc(Cl)ccc4F)nc23)C1=O)C(C)(C)C. The predicted molar refractivity (Wildman–Crippen MR) is 164 cm³/mol. The quantitative estimate of drug-likeness (QED) is 0.132. The summed E-state index contributed by atoms with van der Waals surface area (Å²) < 4.78 is 33.8. The van der Waals surface area contributed by atoms with E-state index in [1.165, 1.54) is 30.5 Å². The van der Waals surface area contributed by atoms with Gasteiger partial charge < -0.3 is 20.4 Å². The molecule has 1 saturated heterocycles. The van der Waals surface area contributed by atoms with Crippen molar-refractivity contribution in [2.24, 2.45) is 10.8 Å². The first-order valence-corrected chi connectivity index (χ1v) is 15.9. The summed E-state index contributed by atoms with van der Waals surface area (Å²) in [5, 5.41) is 11.1. The first-order chi connectivity index (χ1) is 20.3. The van der Waals surface area contributed by atoms with Gasteiger partial charge in [0.2, 0.25) is 5.91 Å². The number of nitrogens with zero attached hydrogens (tertiary/aromatic N) is 4. The number of halogens is 2. The average molecular weight is 649 g/mol. The summed E-state index contributed by atoms with van der Waals surface area (Å²) in [6.45, 7) is 9.90. The molecule has 0 atom stereocenters. The lowest BCUT2D eigenvalue weighted by Gasteiger charge is -2.55. The van der Waals surface area contributed by atoms with E-state index in [9.17, 15) is 28.3 Å². The summed E-state index contributed by atoms with van der Waals surface area (Å²) in [6.07, 6.45) is 4.58. The Labute approximate surface area is 258 Å². The lowest BCUT2D eigenvalue weighted by atomic mass is 9.67. The monoisotopic (exact) mass is 648 g/mol. The van der Waals surface area contributed by atoms with Crippen LogP contribution in [0.2, 0.25) is 5.02 Å². The summed E-state index contributed by atoms with van der Waals surface area (Å²) in [5.74, 6) is -1.08. The van der Waals surface area contributed by atoms with Crippen LogP contribution in [0.25, 0.3) is 11.7 Å². The number of rotatable bonds is 8. The molecule has 1 aliphatic heterocycles. The second-order valence-electron chi connectivity index (χ2n) is 13.1. The molecule has 3 aromatic rings. The number of amides is 2. The summed E-state index contributed by atoms with van der Waals surface area (Å²) >= 11 is 6.07. The van der Waals surface area contributed by atoms with Crippen LogP contribution < -0.4 is 10.6 Å². The van der Waals surface area contributed by atoms with Crippen molar-refractivity contribution in [1.82, 2.24) is 19.5 Å². The van der Waals surface area contributed by atoms with Crippen molar-refractivity contribution in [2.45, 2.75) is 72.6 Å². The third kappa shape index (κ3) is 5.99. The maximum Gasteiger partial charge on any atom is 0.471 e. The fourth-order valence-corrected chi connectivity index (χ4v) is 7.04. The van der Waals surface area contributed by atoms with Crippen LogP contribution >= 0.6 is 19.4 Å². The number of anilines is 3. The Morgan fingerprint density at radius 3 is 2.36 bits per heavy atom. The molecule has 15 heteroatoms. The Morgan fingerprint density at radius 1 is 1.11 bits per heavy atom. The van der Waals surface area contributed by atoms with Crippen LogP contribution in [0.15, 0.2) is 36.0 Å². The number of hydrogen-bond acceptors (Lipinski definition) is 8. The number of carbonyl (C=O) groups is 2. The number of aromatic nitrogens is 3. The summed E-state index contributed by atoms with van der Waals surface area (Å²) in [4.78, 5) is 52.8. The molecule has 5 rings (SSSR count). The van der Waals surface area contributed by atoms with E-state index in [4.69, 9.17) is 16.1 Å². The molecular formula is C29H35ClFN6O6P. The lowest BCUT2D eigenvalue weighted by Crippen LogP contribution is -2.67. The highest BCUT2D eigenvalue weighted by Crippen LogP contribution is 2.58. The van der Waals surface area contributed by atoms with E-state index in [1.807, 2.05) is 0 Å². The fraction of sp³-hybridized carbons (Fsp3) is 0.448. The summed E-state index contributed by atoms with van der Waals surface area (Å²) in [7, 11) is -5.19. The number of likely N-dealkylation sites (tertiary alicyclic amines) is 1. The van der Waals surface area contributed by atoms with Gasteiger partial charge in [-0.25, -0.2) is 18.8 Å². The molecule has 44 heavy (non-hydrogen) atoms. The highest BCUT2D eigenvalue weighted by Gasteiger charge is 2.64. The molecule has 1 saturated carbocycles. The predicted octanol–water partition coefficient (Wildman–Crippen LogP) is 5.88. The van der Waals surface area contributed by atoms with E-state index >= 15 is 0 Å². The molecule has 12 nitrogen and oxygen atoms in total. The number of hydrogen-bond donors (Lipinski definition) is 4. The number of phosphoric ester groups is 1. The van der Waals surface area contributed by atoms with Crippen molar-refractivity contribution in [3.05, 3.63) is 52.4 Å². The highest BCUT2D eigenvalue weighted by atomic mass is 35.5. The van der Waals surface area contributed by atoms with Crippen molar-refractivity contribution in [3.63, 3.8) is 0 Å². The van der Waals surface area contributed by atoms with Crippen LogP contribution in [0.4, 0.5) is 21.7 Å². The molecule has 1 aliphatic carbocycles. The highest BCUT2D eigenvalue weighted by molar-refractivity contribution is 7.46. The summed E-state index contributed by atoms with van der Waals surface area (Å²) in [6, 6.07) is 6.02. The number of nitrogens with one attached hydrogen (secondary N) is 2. The number of carbonyl (C=O) groups excluding carboxylic acids is 2. The van der Waals surface area contributed by atoms with Gasteiger partial charge in [0, 0.05) is 39.1 Å². The van der Waals surface area contributed by atoms with Crippen molar-refractivity contribution in [2.75, 3.05) is 10.6 Å². The second-order valence-corrected chi connectivity index (χ2v) is 14.7. The second kappa shape index (κ2) is 10.9. The Morgan fingerprint density at radius 2 is 1.77 bits per heavy atom. The first kappa shape index (κ1) is 32.1. The van der Waals surface area contributed by atoms with Crippen molar-refractivity contribution < 1.29 is 32.9 Å². The third-order valence-corrected chi connectivity index (χ3v) is 8.35. The zero-order chi connectivity index (χ0) is 32.4. The normalized spacial score (nSPS) is 17.7. The van der Waals surface area contributed by atoms with Gasteiger partial charge in [-0.2, -0.15) is 9.61 Å². The van der Waals surface area contributed by atoms with Gasteiger partial charge in [-0.1, -0.05) is 53.1 Å². The van der Waals surface area contributed by atoms with Gasteiger partial charge in [0.1, 0.15) is 17.5 Å². The third-order valence-electron chi connectivity index (χ3n) is 7.62. The molecule has 0 bridgehead atoms. The average Bonchev–Trinajstić information content (AvgIpc) is 3.53. The van der Waals surface area contributed by atoms with Gasteiger partial charge in [-0.15, -0.1) is 0 Å². The number of fused-ring (bicyclic) bond motifs is 1. The van der Waals surface area contributed by atoms with Crippen LogP contribution in [-0.4, -0.2) is 52.9 Å². The standard InChI is InChI=1S/C29H35ClFN6O6P/c1-27(2,3)29(28(4,5)6,43-44(40,41)42)36-24(38)12-16(26(36)39)11-17-15-32-37-23(33-19-8-9-19)14-22(35-25(17)37)34-21-13-18(30)7-10-20(21)31/h7,10-11,13-15,19,33H,8-9,12H2,1-6H3,(H,34,35)(H2,40,41,42)/b16-11+. The van der Waals surface area contributed by atoms with E-state index < -0.39 is 42.0 Å². The van der Waals surface area contributed by atoms with Gasteiger partial charge >= 0.3 is 7.82 Å². The molecule has 0 radical (unpaired) electrons. The molecule has 3 heterocycles. The van der Waals surface area contributed by atoms with E-state index in [0.29, 0.717) is 22.1 Å². The van der Waals surface area contributed by atoms with Gasteiger partial charge in [-0.05, 0) is 37.1 Å². The molecule has 0 unspecified atom stereocenters. The Kier molecular flexibility index (Phi) is 7.96. The topological polar surface area (TPSA) is 158 Å². The summed E-state index contributed by atoms with van der Waals surface area (Å²) in [5.41, 5.74) is -3.35. The smallest absolute Gasteiger partial charge is 0.367 e. The molecule has 1 aromatic carbocycles. The molecule has 2 aliphatic rings. The number of phosphoric acid groups is 1. The fourth-order valence-electron chi connectivity index (χ4n) is 5.89. The van der Waals surface area contributed by atoms with Crippen LogP contribution in [0, 0.1) is 16.6 Å². The maximum atomic E-state index is 14.5. The zero-order valence-electron chi connectivity index (χ0n) is 25.2. The largest absolute Gasteiger partial charge is 0.471 e. The molecule has 4 N–H and O–H groups in total. The molecule has 236 valence electrons. The van der Waals surface area contributed by atoms with E-state index in [-0.39, 0.29) is 29.5 Å². The molecule has 2 fully saturated rings. The lowest BCUT2D eigenvalue weighted by molar-refractivity contribution is -0.220. The minimum atomic E-state index is -5.19. The van der Waals surface area contributed by atoms with Gasteiger partial charge in [0.05, 0.1) is 18.3 Å². The maximum absolute atomic E-state index is 14.5. The van der Waals surface area contributed by atoms with E-state index in [1.54, 1.807) is 52.1 Å². The van der Waals surface area contributed by atoms with E-state index in [2.05, 4.69) is 20.7 Å². The number of benzene rings is 1. The van der Waals surface area contributed by atoms with Gasteiger partial charge in [-0.3, -0.25) is 14.1 Å². The molecule has 2 amide bonds. The van der Waals surface area contributed by atoms with Crippen LogP contribution in [0.5, 0.6) is 0 Å². The molecular weight excluding hydrogens is 614 g/mol. The Bertz CT molecular complexity index is 1720. The van der Waals surface area contributed by atoms with Crippen molar-refractivity contribution in [1.29, 1.82) is 0 Å². The molecule has 0 spiro atoms. The van der Waals surface area contributed by atoms with Crippen LogP contribution in [0.1, 0.15) is 66.4 Å². The zero-order valence-corrected chi connectivity index (χ0v) is 26.8. The Hall–Kier alpha value is -3.35. The minimum Gasteiger partial charge on any atom is -0.367 e. The minimum absolute atomic E-state index is 0.0647. The van der Waals surface area contributed by atoms with Crippen molar-refractivity contribution >= 4 is 60.3 Å². The van der Waals surface area contributed by atoms with Crippen LogP contribution in [0.3, 0.4) is 0 Å². The first-order valence-electron chi connectivity index (χ1n) is 14.0. The molecule has 2 aromatic heterocycles. The van der Waals surface area contributed by atoms with Gasteiger partial charge in [0.15, 0.2) is 11.4 Å². The van der Waals surface area contributed by atoms with Crippen LogP contribution in [-0.2, 0) is 18.7 Å². The number of imide groups is 1. The van der Waals surface area contributed by atoms with Gasteiger partial charge in [0.25, 0.3) is 5.91 Å². The van der Waals surface area contributed by atoms with Crippen molar-refractivity contribution in [3.8, 4) is 0 Å².